The van der Waals surface area contributed by atoms with Crippen molar-refractivity contribution in [3.05, 3.63) is 45.3 Å². The van der Waals surface area contributed by atoms with E-state index in [1.807, 2.05) is 17.8 Å². The minimum atomic E-state index is -1.12. The number of aromatic carboxylic acids is 1. The molecule has 21 heavy (non-hydrogen) atoms. The number of carbonyl (C=O) groups is 2. The third-order valence-electron chi connectivity index (χ3n) is 3.06. The van der Waals surface area contributed by atoms with Gasteiger partial charge in [0.05, 0.1) is 4.88 Å². The zero-order valence-corrected chi connectivity index (χ0v) is 12.6. The van der Waals surface area contributed by atoms with Crippen LogP contribution >= 0.6 is 23.1 Å². The van der Waals surface area contributed by atoms with Crippen LogP contribution in [-0.4, -0.2) is 27.7 Å². The summed E-state index contributed by atoms with van der Waals surface area (Å²) in [5.41, 5.74) is 1.14. The molecule has 0 saturated heterocycles. The van der Waals surface area contributed by atoms with Gasteiger partial charge in [-0.3, -0.25) is 4.79 Å². The fraction of sp³-hybridized carbons (Fsp3) is 0.214. The first-order valence-corrected chi connectivity index (χ1v) is 8.31. The molecule has 0 atom stereocenters. The van der Waals surface area contributed by atoms with Crippen LogP contribution in [0.4, 0.5) is 5.82 Å². The summed E-state index contributed by atoms with van der Waals surface area (Å²) in [7, 11) is 0. The second-order valence-corrected chi connectivity index (χ2v) is 6.77. The van der Waals surface area contributed by atoms with Crippen LogP contribution in [0.25, 0.3) is 0 Å². The standard InChI is InChI=1S/C14H12N2O3S2/c17-13(11-6-8-7-20-5-4-10(8)21-11)16-12-3-1-2-9(15-12)14(18)19/h1-3,6H,4-5,7H2,(H,18,19)(H,15,16,17). The van der Waals surface area contributed by atoms with Crippen LogP contribution in [0.2, 0.25) is 0 Å². The summed E-state index contributed by atoms with van der Waals surface area (Å²) in [4.78, 5) is 28.9. The highest BCUT2D eigenvalue weighted by Gasteiger charge is 2.18. The molecule has 3 heterocycles. The number of aromatic nitrogens is 1. The largest absolute Gasteiger partial charge is 0.477 e. The summed E-state index contributed by atoms with van der Waals surface area (Å²) in [6, 6.07) is 6.44. The van der Waals surface area contributed by atoms with Gasteiger partial charge in [-0.25, -0.2) is 9.78 Å². The maximum absolute atomic E-state index is 12.2. The molecule has 1 aliphatic heterocycles. The van der Waals surface area contributed by atoms with E-state index >= 15 is 0 Å². The predicted molar refractivity (Wildman–Crippen MR) is 83.3 cm³/mol. The molecule has 0 unspecified atom stereocenters. The Morgan fingerprint density at radius 3 is 2.95 bits per heavy atom. The maximum Gasteiger partial charge on any atom is 0.354 e. The molecule has 0 fully saturated rings. The molecule has 0 aromatic carbocycles. The van der Waals surface area contributed by atoms with E-state index in [4.69, 9.17) is 5.11 Å². The number of nitrogens with one attached hydrogen (secondary N) is 1. The zero-order valence-electron chi connectivity index (χ0n) is 11.0. The SMILES string of the molecule is O=C(O)c1cccc(NC(=O)c2cc3c(s2)CCSC3)n1. The van der Waals surface area contributed by atoms with Gasteiger partial charge in [-0.1, -0.05) is 6.07 Å². The lowest BCUT2D eigenvalue weighted by atomic mass is 10.2. The van der Waals surface area contributed by atoms with Gasteiger partial charge >= 0.3 is 5.97 Å². The average molecular weight is 320 g/mol. The van der Waals surface area contributed by atoms with Crippen LogP contribution in [0.1, 0.15) is 30.6 Å². The van der Waals surface area contributed by atoms with E-state index in [2.05, 4.69) is 10.3 Å². The van der Waals surface area contributed by atoms with Crippen molar-refractivity contribution in [2.45, 2.75) is 12.2 Å². The summed E-state index contributed by atoms with van der Waals surface area (Å²) in [6.07, 6.45) is 1.00. The van der Waals surface area contributed by atoms with Crippen molar-refractivity contribution < 1.29 is 14.7 Å². The number of thioether (sulfide) groups is 1. The first-order chi connectivity index (χ1) is 10.1. The fourth-order valence-electron chi connectivity index (χ4n) is 2.06. The quantitative estimate of drug-likeness (QED) is 0.909. The number of amides is 1. The van der Waals surface area contributed by atoms with E-state index < -0.39 is 5.97 Å². The molecule has 5 nitrogen and oxygen atoms in total. The van der Waals surface area contributed by atoms with Gasteiger partial charge in [0.2, 0.25) is 0 Å². The normalized spacial score (nSPS) is 13.5. The molecule has 108 valence electrons. The van der Waals surface area contributed by atoms with Gasteiger partial charge < -0.3 is 10.4 Å². The van der Waals surface area contributed by atoms with Crippen LogP contribution in [0, 0.1) is 0 Å². The van der Waals surface area contributed by atoms with Gasteiger partial charge in [0, 0.05) is 10.6 Å². The lowest BCUT2D eigenvalue weighted by molar-refractivity contribution is 0.0690. The number of pyridine rings is 1. The van der Waals surface area contributed by atoms with E-state index in [0.29, 0.717) is 4.88 Å². The molecule has 0 spiro atoms. The Kier molecular flexibility index (Phi) is 3.94. The first kappa shape index (κ1) is 14.1. The smallest absolute Gasteiger partial charge is 0.354 e. The number of thiophene rings is 1. The maximum atomic E-state index is 12.2. The average Bonchev–Trinajstić information content (AvgIpc) is 2.91. The number of carboxylic acid groups (broad SMARTS) is 1. The third-order valence-corrected chi connectivity index (χ3v) is 5.31. The lowest BCUT2D eigenvalue weighted by Gasteiger charge is -2.08. The van der Waals surface area contributed by atoms with Gasteiger partial charge in [-0.2, -0.15) is 11.8 Å². The second kappa shape index (κ2) is 5.87. The fourth-order valence-corrected chi connectivity index (χ4v) is 4.33. The number of anilines is 1. The lowest BCUT2D eigenvalue weighted by Crippen LogP contribution is -2.12. The van der Waals surface area contributed by atoms with Crippen LogP contribution < -0.4 is 5.32 Å². The van der Waals surface area contributed by atoms with Crippen LogP contribution in [0.15, 0.2) is 24.3 Å². The van der Waals surface area contributed by atoms with Crippen LogP contribution in [0.5, 0.6) is 0 Å². The number of hydrogen-bond acceptors (Lipinski definition) is 5. The van der Waals surface area contributed by atoms with Gasteiger partial charge in [0.25, 0.3) is 5.91 Å². The van der Waals surface area contributed by atoms with Gasteiger partial charge in [-0.05, 0) is 35.9 Å². The number of nitrogens with zero attached hydrogens (tertiary/aromatic N) is 1. The molecule has 0 aliphatic carbocycles. The number of fused-ring (bicyclic) bond motifs is 1. The number of carboxylic acids is 1. The first-order valence-electron chi connectivity index (χ1n) is 6.34. The predicted octanol–water partition coefficient (Wildman–Crippen LogP) is 2.88. The Morgan fingerprint density at radius 1 is 1.33 bits per heavy atom. The highest BCUT2D eigenvalue weighted by molar-refractivity contribution is 7.98. The van der Waals surface area contributed by atoms with E-state index in [1.165, 1.54) is 27.8 Å². The van der Waals surface area contributed by atoms with Crippen molar-refractivity contribution in [2.75, 3.05) is 11.1 Å². The summed E-state index contributed by atoms with van der Waals surface area (Å²) < 4.78 is 0. The topological polar surface area (TPSA) is 79.3 Å². The molecule has 0 radical (unpaired) electrons. The van der Waals surface area contributed by atoms with Crippen molar-refractivity contribution in [3.63, 3.8) is 0 Å². The van der Waals surface area contributed by atoms with Crippen molar-refractivity contribution >= 4 is 40.8 Å². The summed E-state index contributed by atoms with van der Waals surface area (Å²) in [5.74, 6) is 0.938. The van der Waals surface area contributed by atoms with E-state index in [1.54, 1.807) is 12.1 Å². The van der Waals surface area contributed by atoms with Gasteiger partial charge in [-0.15, -0.1) is 11.3 Å². The van der Waals surface area contributed by atoms with Gasteiger partial charge in [0.1, 0.15) is 5.82 Å². The Morgan fingerprint density at radius 2 is 2.19 bits per heavy atom. The Balaban J connectivity index is 1.78. The zero-order chi connectivity index (χ0) is 14.8. The number of rotatable bonds is 3. The Labute approximate surface area is 129 Å². The Bertz CT molecular complexity index is 688. The minimum absolute atomic E-state index is 0.0883. The Hall–Kier alpha value is -1.86. The molecular weight excluding hydrogens is 308 g/mol. The molecule has 7 heteroatoms. The number of hydrogen-bond donors (Lipinski definition) is 2. The number of aryl methyl sites for hydroxylation is 1. The van der Waals surface area contributed by atoms with Gasteiger partial charge in [0.15, 0.2) is 5.69 Å². The van der Waals surface area contributed by atoms with Crippen LogP contribution in [-0.2, 0) is 12.2 Å². The molecule has 0 bridgehead atoms. The summed E-state index contributed by atoms with van der Waals surface area (Å²) in [5, 5.41) is 11.5. The minimum Gasteiger partial charge on any atom is -0.477 e. The van der Waals surface area contributed by atoms with E-state index in [0.717, 1.165) is 17.9 Å². The van der Waals surface area contributed by atoms with E-state index in [9.17, 15) is 9.59 Å². The summed E-state index contributed by atoms with van der Waals surface area (Å²) >= 11 is 3.37. The molecule has 1 aliphatic rings. The monoisotopic (exact) mass is 320 g/mol. The van der Waals surface area contributed by atoms with E-state index in [-0.39, 0.29) is 17.4 Å². The molecule has 2 aromatic heterocycles. The molecular formula is C14H12N2O3S2. The molecule has 0 saturated carbocycles. The second-order valence-electron chi connectivity index (χ2n) is 4.53. The van der Waals surface area contributed by atoms with Crippen molar-refractivity contribution in [2.24, 2.45) is 0 Å². The molecule has 3 rings (SSSR count). The number of carbonyl (C=O) groups excluding carboxylic acids is 1. The third kappa shape index (κ3) is 3.08. The van der Waals surface area contributed by atoms with Crippen molar-refractivity contribution in [1.82, 2.24) is 4.98 Å². The highest BCUT2D eigenvalue weighted by Crippen LogP contribution is 2.31. The van der Waals surface area contributed by atoms with Crippen molar-refractivity contribution in [3.8, 4) is 0 Å². The molecule has 2 N–H and O–H groups in total. The van der Waals surface area contributed by atoms with Crippen LogP contribution in [0.3, 0.4) is 0 Å². The molecule has 1 amide bonds. The summed E-state index contributed by atoms with van der Waals surface area (Å²) in [6.45, 7) is 0. The highest BCUT2D eigenvalue weighted by atomic mass is 32.2. The van der Waals surface area contributed by atoms with Crippen molar-refractivity contribution in [1.29, 1.82) is 0 Å². The molecule has 2 aromatic rings.